The number of phenolic OH excluding ortho intramolecular Hbond substituents is 1. The van der Waals surface area contributed by atoms with Gasteiger partial charge in [0, 0.05) is 0 Å². The third-order valence-corrected chi connectivity index (χ3v) is 3.89. The number of methoxy groups -OCH3 is 1. The molecule has 0 bridgehead atoms. The van der Waals surface area contributed by atoms with E-state index in [2.05, 4.69) is 5.32 Å². The number of esters is 1. The third-order valence-electron chi connectivity index (χ3n) is 3.89. The Labute approximate surface area is 152 Å². The molecule has 1 atom stereocenters. The zero-order valence-corrected chi connectivity index (χ0v) is 14.9. The highest BCUT2D eigenvalue weighted by Gasteiger charge is 2.19. The fourth-order valence-corrected chi connectivity index (χ4v) is 2.59. The summed E-state index contributed by atoms with van der Waals surface area (Å²) in [6.45, 7) is 1.61. The first kappa shape index (κ1) is 19.3. The Morgan fingerprint density at radius 1 is 1.12 bits per heavy atom. The largest absolute Gasteiger partial charge is 0.504 e. The van der Waals surface area contributed by atoms with E-state index in [-0.39, 0.29) is 23.1 Å². The second-order valence-corrected chi connectivity index (χ2v) is 5.75. The van der Waals surface area contributed by atoms with Crippen LogP contribution in [0.2, 0.25) is 0 Å². The maximum atomic E-state index is 12.2. The number of ether oxygens (including phenoxy) is 2. The zero-order chi connectivity index (χ0) is 18.9. The Morgan fingerprint density at radius 3 is 2.50 bits per heavy atom. The summed E-state index contributed by atoms with van der Waals surface area (Å²) in [5.74, 6) is -1.34. The van der Waals surface area contributed by atoms with Gasteiger partial charge in [-0.25, -0.2) is 4.79 Å². The van der Waals surface area contributed by atoms with E-state index in [4.69, 9.17) is 9.47 Å². The van der Waals surface area contributed by atoms with Crippen LogP contribution in [0.15, 0.2) is 48.5 Å². The van der Waals surface area contributed by atoms with Crippen molar-refractivity contribution < 1.29 is 24.2 Å². The van der Waals surface area contributed by atoms with Crippen molar-refractivity contribution in [3.63, 3.8) is 0 Å². The summed E-state index contributed by atoms with van der Waals surface area (Å²) in [5.41, 5.74) is 0.949. The molecule has 2 aromatic carbocycles. The van der Waals surface area contributed by atoms with Gasteiger partial charge in [0.25, 0.3) is 5.91 Å². The fourth-order valence-electron chi connectivity index (χ4n) is 2.59. The summed E-state index contributed by atoms with van der Waals surface area (Å²) in [7, 11) is 1.38. The number of carbonyl (C=O) groups is 2. The van der Waals surface area contributed by atoms with Gasteiger partial charge in [-0.1, -0.05) is 49.7 Å². The Balaban J connectivity index is 1.96. The molecular weight excluding hydrogens is 334 g/mol. The number of para-hydroxylation sites is 1. The molecule has 0 heterocycles. The van der Waals surface area contributed by atoms with Crippen LogP contribution in [0.3, 0.4) is 0 Å². The Bertz CT molecular complexity index is 745. The molecule has 0 radical (unpaired) electrons. The Morgan fingerprint density at radius 2 is 1.85 bits per heavy atom. The van der Waals surface area contributed by atoms with Gasteiger partial charge in [-0.05, 0) is 24.1 Å². The second kappa shape index (κ2) is 9.46. The van der Waals surface area contributed by atoms with Crippen LogP contribution in [0.25, 0.3) is 0 Å². The minimum atomic E-state index is -0.789. The molecule has 1 amide bonds. The first-order chi connectivity index (χ1) is 12.6. The first-order valence-electron chi connectivity index (χ1n) is 8.44. The third kappa shape index (κ3) is 4.99. The van der Waals surface area contributed by atoms with Crippen LogP contribution in [0.1, 0.15) is 41.7 Å². The van der Waals surface area contributed by atoms with Gasteiger partial charge in [-0.3, -0.25) is 4.79 Å². The molecule has 138 valence electrons. The van der Waals surface area contributed by atoms with Gasteiger partial charge in [-0.2, -0.15) is 0 Å². The molecule has 0 aliphatic rings. The van der Waals surface area contributed by atoms with Crippen LogP contribution in [-0.4, -0.2) is 30.7 Å². The van der Waals surface area contributed by atoms with Crippen molar-refractivity contribution in [3.8, 4) is 11.5 Å². The molecule has 1 unspecified atom stereocenters. The monoisotopic (exact) mass is 357 g/mol. The van der Waals surface area contributed by atoms with Gasteiger partial charge in [0.2, 0.25) is 0 Å². The standard InChI is InChI=1S/C20H23NO5/c1-3-8-16(14-9-5-4-6-10-14)21-18(22)13-26-20(24)15-11-7-12-17(25-2)19(15)23/h4-7,9-12,16,23H,3,8,13H2,1-2H3,(H,21,22). The van der Waals surface area contributed by atoms with Crippen molar-refractivity contribution in [2.24, 2.45) is 0 Å². The summed E-state index contributed by atoms with van der Waals surface area (Å²) in [6.07, 6.45) is 1.68. The average molecular weight is 357 g/mol. The van der Waals surface area contributed by atoms with Crippen molar-refractivity contribution in [3.05, 3.63) is 59.7 Å². The molecule has 2 aromatic rings. The minimum Gasteiger partial charge on any atom is -0.504 e. The van der Waals surface area contributed by atoms with Crippen LogP contribution >= 0.6 is 0 Å². The van der Waals surface area contributed by atoms with Crippen molar-refractivity contribution in [1.82, 2.24) is 5.32 Å². The summed E-state index contributed by atoms with van der Waals surface area (Å²) in [6, 6.07) is 14.0. The van der Waals surface area contributed by atoms with E-state index in [0.717, 1.165) is 18.4 Å². The van der Waals surface area contributed by atoms with E-state index in [0.29, 0.717) is 0 Å². The van der Waals surface area contributed by atoms with Crippen LogP contribution in [0.5, 0.6) is 11.5 Å². The molecular formula is C20H23NO5. The molecule has 6 nitrogen and oxygen atoms in total. The Hall–Kier alpha value is -3.02. The lowest BCUT2D eigenvalue weighted by Crippen LogP contribution is -2.32. The van der Waals surface area contributed by atoms with E-state index < -0.39 is 18.5 Å². The van der Waals surface area contributed by atoms with Gasteiger partial charge >= 0.3 is 5.97 Å². The van der Waals surface area contributed by atoms with Crippen LogP contribution in [0, 0.1) is 0 Å². The summed E-state index contributed by atoms with van der Waals surface area (Å²) >= 11 is 0. The molecule has 26 heavy (non-hydrogen) atoms. The van der Waals surface area contributed by atoms with Crippen molar-refractivity contribution in [2.45, 2.75) is 25.8 Å². The smallest absolute Gasteiger partial charge is 0.342 e. The summed E-state index contributed by atoms with van der Waals surface area (Å²) in [4.78, 5) is 24.3. The van der Waals surface area contributed by atoms with Crippen molar-refractivity contribution >= 4 is 11.9 Å². The fraction of sp³-hybridized carbons (Fsp3) is 0.300. The molecule has 0 aliphatic carbocycles. The predicted octanol–water partition coefficient (Wildman–Crippen LogP) is 3.22. The van der Waals surface area contributed by atoms with Gasteiger partial charge in [0.15, 0.2) is 18.1 Å². The number of amides is 1. The Kier molecular flexibility index (Phi) is 7.02. The SMILES string of the molecule is CCCC(NC(=O)COC(=O)c1cccc(OC)c1O)c1ccccc1. The van der Waals surface area contributed by atoms with Gasteiger partial charge in [0.1, 0.15) is 5.56 Å². The number of hydrogen-bond acceptors (Lipinski definition) is 5. The number of rotatable bonds is 8. The maximum Gasteiger partial charge on any atom is 0.342 e. The van der Waals surface area contributed by atoms with E-state index >= 15 is 0 Å². The lowest BCUT2D eigenvalue weighted by atomic mass is 10.0. The molecule has 0 spiro atoms. The number of aromatic hydroxyl groups is 1. The predicted molar refractivity (Wildman–Crippen MR) is 97.2 cm³/mol. The van der Waals surface area contributed by atoms with E-state index in [1.807, 2.05) is 37.3 Å². The molecule has 0 aliphatic heterocycles. The van der Waals surface area contributed by atoms with Crippen molar-refractivity contribution in [1.29, 1.82) is 0 Å². The molecule has 0 aromatic heterocycles. The minimum absolute atomic E-state index is 0.0506. The summed E-state index contributed by atoms with van der Waals surface area (Å²) < 4.78 is 9.97. The maximum absolute atomic E-state index is 12.2. The number of phenols is 1. The lowest BCUT2D eigenvalue weighted by Gasteiger charge is -2.18. The molecule has 6 heteroatoms. The lowest BCUT2D eigenvalue weighted by molar-refractivity contribution is -0.125. The second-order valence-electron chi connectivity index (χ2n) is 5.75. The molecule has 0 fully saturated rings. The summed E-state index contributed by atoms with van der Waals surface area (Å²) in [5, 5.41) is 12.8. The number of carbonyl (C=O) groups excluding carboxylic acids is 2. The number of hydrogen-bond donors (Lipinski definition) is 2. The highest BCUT2D eigenvalue weighted by atomic mass is 16.5. The highest BCUT2D eigenvalue weighted by molar-refractivity contribution is 5.94. The highest BCUT2D eigenvalue weighted by Crippen LogP contribution is 2.29. The molecule has 0 saturated carbocycles. The first-order valence-corrected chi connectivity index (χ1v) is 8.44. The van der Waals surface area contributed by atoms with E-state index in [1.54, 1.807) is 6.07 Å². The van der Waals surface area contributed by atoms with Gasteiger partial charge < -0.3 is 19.9 Å². The quantitative estimate of drug-likeness (QED) is 0.709. The average Bonchev–Trinajstić information content (AvgIpc) is 2.66. The van der Waals surface area contributed by atoms with Crippen LogP contribution in [-0.2, 0) is 9.53 Å². The number of benzene rings is 2. The van der Waals surface area contributed by atoms with E-state index in [9.17, 15) is 14.7 Å². The topological polar surface area (TPSA) is 84.9 Å². The normalized spacial score (nSPS) is 11.5. The van der Waals surface area contributed by atoms with Crippen LogP contribution in [0.4, 0.5) is 0 Å². The zero-order valence-electron chi connectivity index (χ0n) is 14.9. The van der Waals surface area contributed by atoms with Crippen molar-refractivity contribution in [2.75, 3.05) is 13.7 Å². The molecule has 2 rings (SSSR count). The van der Waals surface area contributed by atoms with Crippen LogP contribution < -0.4 is 10.1 Å². The van der Waals surface area contributed by atoms with Gasteiger partial charge in [-0.15, -0.1) is 0 Å². The number of nitrogens with one attached hydrogen (secondary N) is 1. The van der Waals surface area contributed by atoms with E-state index in [1.165, 1.54) is 19.2 Å². The molecule has 2 N–H and O–H groups in total. The molecule has 0 saturated heterocycles. The van der Waals surface area contributed by atoms with Gasteiger partial charge in [0.05, 0.1) is 13.2 Å².